The number of rotatable bonds is 4. The molecule has 0 bridgehead atoms. The third-order valence-corrected chi connectivity index (χ3v) is 6.93. The van der Waals surface area contributed by atoms with Gasteiger partial charge in [0.25, 0.3) is 0 Å². The third kappa shape index (κ3) is 2.90. The van der Waals surface area contributed by atoms with Gasteiger partial charge in [-0.05, 0) is 53.2 Å². The quantitative estimate of drug-likeness (QED) is 0.449. The molecule has 7 heteroatoms. The Kier molecular flexibility index (Phi) is 4.58. The number of fused-ring (bicyclic) bond motifs is 4. The Bertz CT molecular complexity index is 1390. The average Bonchev–Trinajstić information content (AvgIpc) is 3.35. The molecule has 6 rings (SSSR count). The van der Waals surface area contributed by atoms with Gasteiger partial charge in [-0.15, -0.1) is 0 Å². The zero-order chi connectivity index (χ0) is 23.4. The summed E-state index contributed by atoms with van der Waals surface area (Å²) in [4.78, 5) is 42.3. The summed E-state index contributed by atoms with van der Waals surface area (Å²) >= 11 is 0. The Morgan fingerprint density at radius 1 is 0.912 bits per heavy atom. The third-order valence-electron chi connectivity index (χ3n) is 6.93. The minimum atomic E-state index is -0.869. The standard InChI is InChI=1S/C27H21N3O4/c1-34-20-12-9-17(10-13-20)25(31)24-23-22(21-7-4-14-28-30(21)24)26(32)29(27(23)33)19-11-8-16-5-2-3-6-18(16)15-19/h2-15,21-24H,1H3/t21-,22+,23+,24-/m1/s1. The molecule has 3 heterocycles. The van der Waals surface area contributed by atoms with Crippen LogP contribution in [0.1, 0.15) is 10.4 Å². The number of carbonyl (C=O) groups excluding carboxylic acids is 3. The molecule has 0 aliphatic carbocycles. The lowest BCUT2D eigenvalue weighted by molar-refractivity contribution is -0.123. The van der Waals surface area contributed by atoms with E-state index in [-0.39, 0.29) is 17.6 Å². The van der Waals surface area contributed by atoms with E-state index in [9.17, 15) is 14.4 Å². The molecule has 3 aromatic rings. The Labute approximate surface area is 195 Å². The summed E-state index contributed by atoms with van der Waals surface area (Å²) in [5.74, 6) is -1.78. The maximum atomic E-state index is 13.8. The normalized spacial score (nSPS) is 25.1. The lowest BCUT2D eigenvalue weighted by Gasteiger charge is -2.30. The fraction of sp³-hybridized carbons (Fsp3) is 0.185. The van der Waals surface area contributed by atoms with Crippen LogP contribution < -0.4 is 9.64 Å². The van der Waals surface area contributed by atoms with E-state index in [2.05, 4.69) is 5.10 Å². The van der Waals surface area contributed by atoms with Crippen molar-refractivity contribution in [2.24, 2.45) is 16.9 Å². The maximum absolute atomic E-state index is 13.8. The predicted molar refractivity (Wildman–Crippen MR) is 128 cm³/mol. The molecule has 0 saturated carbocycles. The molecule has 3 aliphatic rings. The van der Waals surface area contributed by atoms with Gasteiger partial charge in [0.05, 0.1) is 30.7 Å². The topological polar surface area (TPSA) is 79.3 Å². The number of anilines is 1. The van der Waals surface area contributed by atoms with Crippen molar-refractivity contribution >= 4 is 40.3 Å². The number of nitrogens with zero attached hydrogens (tertiary/aromatic N) is 3. The van der Waals surface area contributed by atoms with Crippen molar-refractivity contribution in [3.8, 4) is 5.75 Å². The molecular formula is C27H21N3O4. The van der Waals surface area contributed by atoms with Crippen molar-refractivity contribution in [3.63, 3.8) is 0 Å². The first-order chi connectivity index (χ1) is 16.6. The van der Waals surface area contributed by atoms with Gasteiger partial charge in [0.2, 0.25) is 11.8 Å². The van der Waals surface area contributed by atoms with Gasteiger partial charge in [0.1, 0.15) is 11.8 Å². The van der Waals surface area contributed by atoms with Crippen LogP contribution in [0.3, 0.4) is 0 Å². The number of hydrazone groups is 1. The second kappa shape index (κ2) is 7.66. The van der Waals surface area contributed by atoms with E-state index >= 15 is 0 Å². The highest BCUT2D eigenvalue weighted by Gasteiger charge is 2.64. The first-order valence-corrected chi connectivity index (χ1v) is 11.1. The highest BCUT2D eigenvalue weighted by atomic mass is 16.5. The molecule has 0 N–H and O–H groups in total. The molecule has 2 fully saturated rings. The van der Waals surface area contributed by atoms with Crippen LogP contribution in [0.5, 0.6) is 5.75 Å². The Morgan fingerprint density at radius 2 is 1.65 bits per heavy atom. The second-order valence-corrected chi connectivity index (χ2v) is 8.65. The summed E-state index contributed by atoms with van der Waals surface area (Å²) in [6.45, 7) is 0. The molecule has 0 aromatic heterocycles. The fourth-order valence-corrected chi connectivity index (χ4v) is 5.33. The van der Waals surface area contributed by atoms with E-state index in [1.165, 1.54) is 4.90 Å². The van der Waals surface area contributed by atoms with E-state index < -0.39 is 23.9 Å². The van der Waals surface area contributed by atoms with Crippen LogP contribution in [-0.2, 0) is 9.59 Å². The molecule has 7 nitrogen and oxygen atoms in total. The molecule has 3 aromatic carbocycles. The monoisotopic (exact) mass is 451 g/mol. The Balaban J connectivity index is 1.41. The van der Waals surface area contributed by atoms with Gasteiger partial charge in [0.15, 0.2) is 5.78 Å². The Hall–Kier alpha value is -4.26. The zero-order valence-corrected chi connectivity index (χ0v) is 18.4. The minimum Gasteiger partial charge on any atom is -0.497 e. The SMILES string of the molecule is COc1ccc(C(=O)[C@H]2[C@H]3C(=O)N(c4ccc5ccccc5c4)C(=O)[C@H]3[C@H]3C=CC=NN32)cc1. The summed E-state index contributed by atoms with van der Waals surface area (Å²) in [5.41, 5.74) is 0.966. The zero-order valence-electron chi connectivity index (χ0n) is 18.4. The molecule has 168 valence electrons. The van der Waals surface area contributed by atoms with Gasteiger partial charge in [0, 0.05) is 11.8 Å². The molecule has 0 radical (unpaired) electrons. The number of ketones is 1. The Morgan fingerprint density at radius 3 is 2.41 bits per heavy atom. The number of benzene rings is 3. The average molecular weight is 451 g/mol. The van der Waals surface area contributed by atoms with Crippen LogP contribution in [0.15, 0.2) is 84.0 Å². The van der Waals surface area contributed by atoms with E-state index in [1.807, 2.05) is 42.5 Å². The number of hydrogen-bond donors (Lipinski definition) is 0. The number of hydrogen-bond acceptors (Lipinski definition) is 6. The van der Waals surface area contributed by atoms with Crippen LogP contribution >= 0.6 is 0 Å². The van der Waals surface area contributed by atoms with Gasteiger partial charge in [-0.3, -0.25) is 19.4 Å². The lowest BCUT2D eigenvalue weighted by atomic mass is 9.86. The number of amides is 2. The summed E-state index contributed by atoms with van der Waals surface area (Å²) in [5, 5.41) is 7.98. The molecule has 3 aliphatic heterocycles. The van der Waals surface area contributed by atoms with Gasteiger partial charge >= 0.3 is 0 Å². The highest BCUT2D eigenvalue weighted by Crippen LogP contribution is 2.46. The first kappa shape index (κ1) is 20.4. The summed E-state index contributed by atoms with van der Waals surface area (Å²) in [6.07, 6.45) is 5.19. The van der Waals surface area contributed by atoms with Crippen LogP contribution in [0.25, 0.3) is 10.8 Å². The van der Waals surface area contributed by atoms with E-state index in [0.717, 1.165) is 10.8 Å². The van der Waals surface area contributed by atoms with Crippen molar-refractivity contribution in [1.82, 2.24) is 5.01 Å². The van der Waals surface area contributed by atoms with Crippen molar-refractivity contribution in [2.45, 2.75) is 12.1 Å². The lowest BCUT2D eigenvalue weighted by Crippen LogP contribution is -2.46. The van der Waals surface area contributed by atoms with Crippen molar-refractivity contribution in [1.29, 1.82) is 0 Å². The molecule has 2 amide bonds. The van der Waals surface area contributed by atoms with Crippen LogP contribution in [0.2, 0.25) is 0 Å². The smallest absolute Gasteiger partial charge is 0.240 e. The maximum Gasteiger partial charge on any atom is 0.240 e. The molecule has 4 atom stereocenters. The molecule has 2 saturated heterocycles. The van der Waals surface area contributed by atoms with Gasteiger partial charge in [-0.2, -0.15) is 5.10 Å². The fourth-order valence-electron chi connectivity index (χ4n) is 5.33. The van der Waals surface area contributed by atoms with Gasteiger partial charge in [-0.25, -0.2) is 4.90 Å². The van der Waals surface area contributed by atoms with Crippen LogP contribution in [0.4, 0.5) is 5.69 Å². The number of carbonyl (C=O) groups is 3. The highest BCUT2D eigenvalue weighted by molar-refractivity contribution is 6.25. The number of Topliss-reactive ketones (excluding diaryl/α,β-unsaturated/α-hetero) is 1. The molecule has 0 spiro atoms. The van der Waals surface area contributed by atoms with Crippen molar-refractivity contribution in [3.05, 3.63) is 84.4 Å². The first-order valence-electron chi connectivity index (χ1n) is 11.1. The number of imide groups is 1. The van der Waals surface area contributed by atoms with E-state index in [0.29, 0.717) is 17.0 Å². The van der Waals surface area contributed by atoms with E-state index in [4.69, 9.17) is 4.74 Å². The summed E-state index contributed by atoms with van der Waals surface area (Å²) < 4.78 is 5.19. The number of allylic oxidation sites excluding steroid dienone is 1. The van der Waals surface area contributed by atoms with Crippen molar-refractivity contribution in [2.75, 3.05) is 12.0 Å². The summed E-state index contributed by atoms with van der Waals surface area (Å²) in [6, 6.07) is 18.8. The van der Waals surface area contributed by atoms with Gasteiger partial charge in [-0.1, -0.05) is 36.4 Å². The molecular weight excluding hydrogens is 430 g/mol. The number of methoxy groups -OCH3 is 1. The summed E-state index contributed by atoms with van der Waals surface area (Å²) in [7, 11) is 1.56. The van der Waals surface area contributed by atoms with Gasteiger partial charge < -0.3 is 4.74 Å². The molecule has 0 unspecified atom stereocenters. The largest absolute Gasteiger partial charge is 0.497 e. The molecule has 34 heavy (non-hydrogen) atoms. The van der Waals surface area contributed by atoms with Crippen molar-refractivity contribution < 1.29 is 19.1 Å². The second-order valence-electron chi connectivity index (χ2n) is 8.65. The number of ether oxygens (including phenoxy) is 1. The predicted octanol–water partition coefficient (Wildman–Crippen LogP) is 3.45. The van der Waals surface area contributed by atoms with Crippen LogP contribution in [0, 0.1) is 11.8 Å². The minimum absolute atomic E-state index is 0.242. The van der Waals surface area contributed by atoms with E-state index in [1.54, 1.807) is 54.7 Å². The van der Waals surface area contributed by atoms with Crippen LogP contribution in [-0.4, -0.2) is 48.0 Å².